The Bertz CT molecular complexity index is 201. The Hall–Kier alpha value is 0.450. The van der Waals surface area contributed by atoms with Crippen LogP contribution in [0.1, 0.15) is 0 Å². The van der Waals surface area contributed by atoms with Crippen LogP contribution in [0.4, 0.5) is 0 Å². The molecule has 0 spiro atoms. The number of nitrogens with zero attached hydrogens (tertiary/aromatic N) is 1. The van der Waals surface area contributed by atoms with Gasteiger partial charge in [-0.05, 0) is 0 Å². The van der Waals surface area contributed by atoms with Crippen LogP contribution < -0.4 is 5.32 Å². The van der Waals surface area contributed by atoms with Crippen molar-refractivity contribution in [1.82, 2.24) is 9.62 Å². The SMILES string of the molecule is CS(=O)(=O)N1CCNCC1.Cl.Cl. The van der Waals surface area contributed by atoms with Gasteiger partial charge in [-0.1, -0.05) is 0 Å². The number of nitrogens with one attached hydrogen (secondary N) is 1. The molecule has 1 aliphatic heterocycles. The van der Waals surface area contributed by atoms with E-state index >= 15 is 0 Å². The number of sulfonamides is 1. The van der Waals surface area contributed by atoms with E-state index in [1.807, 2.05) is 0 Å². The summed E-state index contributed by atoms with van der Waals surface area (Å²) in [6.45, 7) is 2.76. The molecule has 7 heteroatoms. The molecule has 0 aromatic heterocycles. The first-order valence-corrected chi connectivity index (χ1v) is 5.11. The van der Waals surface area contributed by atoms with Crippen molar-refractivity contribution in [1.29, 1.82) is 0 Å². The highest BCUT2D eigenvalue weighted by molar-refractivity contribution is 7.88. The van der Waals surface area contributed by atoms with Crippen molar-refractivity contribution >= 4 is 34.8 Å². The first-order valence-electron chi connectivity index (χ1n) is 3.26. The standard InChI is InChI=1S/C5H12N2O2S.2ClH/c1-10(8,9)7-4-2-6-3-5-7;;/h6H,2-5H2,1H3;2*1H. The zero-order valence-electron chi connectivity index (χ0n) is 6.82. The molecule has 1 saturated heterocycles. The van der Waals surface area contributed by atoms with Crippen molar-refractivity contribution < 1.29 is 8.42 Å². The topological polar surface area (TPSA) is 49.4 Å². The molecule has 0 saturated carbocycles. The van der Waals surface area contributed by atoms with E-state index in [9.17, 15) is 8.42 Å². The molecule has 0 atom stereocenters. The average molecular weight is 237 g/mol. The fraction of sp³-hybridized carbons (Fsp3) is 1.00. The molecular formula is C5H14Cl2N2O2S. The number of hydrogen-bond acceptors (Lipinski definition) is 3. The summed E-state index contributed by atoms with van der Waals surface area (Å²) < 4.78 is 23.3. The maximum atomic E-state index is 10.9. The van der Waals surface area contributed by atoms with Crippen LogP contribution >= 0.6 is 24.8 Å². The largest absolute Gasteiger partial charge is 0.314 e. The Morgan fingerprint density at radius 3 is 1.83 bits per heavy atom. The molecule has 0 aromatic carbocycles. The molecule has 1 fully saturated rings. The van der Waals surface area contributed by atoms with E-state index < -0.39 is 10.0 Å². The summed E-state index contributed by atoms with van der Waals surface area (Å²) in [7, 11) is -2.93. The Morgan fingerprint density at radius 2 is 1.58 bits per heavy atom. The third-order valence-electron chi connectivity index (χ3n) is 1.54. The molecule has 0 unspecified atom stereocenters. The first-order chi connectivity index (χ1) is 4.61. The quantitative estimate of drug-likeness (QED) is 0.681. The van der Waals surface area contributed by atoms with Gasteiger partial charge in [0.25, 0.3) is 0 Å². The normalized spacial score (nSPS) is 19.1. The predicted molar refractivity (Wildman–Crippen MR) is 53.8 cm³/mol. The molecule has 0 bridgehead atoms. The predicted octanol–water partition coefficient (Wildman–Crippen LogP) is -0.305. The van der Waals surface area contributed by atoms with E-state index in [0.29, 0.717) is 13.1 Å². The van der Waals surface area contributed by atoms with Crippen LogP contribution in [-0.2, 0) is 10.0 Å². The molecule has 12 heavy (non-hydrogen) atoms. The van der Waals surface area contributed by atoms with Gasteiger partial charge in [-0.25, -0.2) is 8.42 Å². The van der Waals surface area contributed by atoms with E-state index in [-0.39, 0.29) is 24.8 Å². The lowest BCUT2D eigenvalue weighted by Gasteiger charge is -2.24. The molecule has 76 valence electrons. The van der Waals surface area contributed by atoms with Crippen molar-refractivity contribution in [2.75, 3.05) is 32.4 Å². The van der Waals surface area contributed by atoms with Crippen LogP contribution in [0.5, 0.6) is 0 Å². The van der Waals surface area contributed by atoms with Crippen LogP contribution in [0.25, 0.3) is 0 Å². The number of hydrogen-bond donors (Lipinski definition) is 1. The van der Waals surface area contributed by atoms with Crippen LogP contribution in [0.2, 0.25) is 0 Å². The summed E-state index contributed by atoms with van der Waals surface area (Å²) >= 11 is 0. The van der Waals surface area contributed by atoms with Gasteiger partial charge in [-0.15, -0.1) is 24.8 Å². The van der Waals surface area contributed by atoms with Crippen molar-refractivity contribution in [3.05, 3.63) is 0 Å². The molecule has 0 aliphatic carbocycles. The van der Waals surface area contributed by atoms with Crippen molar-refractivity contribution in [3.63, 3.8) is 0 Å². The third kappa shape index (κ3) is 4.47. The number of halogens is 2. The van der Waals surface area contributed by atoms with Crippen LogP contribution in [0, 0.1) is 0 Å². The highest BCUT2D eigenvalue weighted by Crippen LogP contribution is 1.97. The molecule has 0 radical (unpaired) electrons. The number of piperazine rings is 1. The molecular weight excluding hydrogens is 223 g/mol. The minimum absolute atomic E-state index is 0. The van der Waals surface area contributed by atoms with E-state index in [1.165, 1.54) is 10.6 Å². The lowest BCUT2D eigenvalue weighted by molar-refractivity contribution is 0.363. The lowest BCUT2D eigenvalue weighted by Crippen LogP contribution is -2.45. The van der Waals surface area contributed by atoms with E-state index in [0.717, 1.165) is 13.1 Å². The molecule has 1 heterocycles. The summed E-state index contributed by atoms with van der Waals surface area (Å²) in [4.78, 5) is 0. The minimum Gasteiger partial charge on any atom is -0.314 e. The summed E-state index contributed by atoms with van der Waals surface area (Å²) in [5, 5.41) is 3.08. The zero-order chi connectivity index (χ0) is 7.61. The van der Waals surface area contributed by atoms with E-state index in [2.05, 4.69) is 5.32 Å². The van der Waals surface area contributed by atoms with Gasteiger partial charge in [0.1, 0.15) is 0 Å². The minimum atomic E-state index is -2.93. The molecule has 1 rings (SSSR count). The van der Waals surface area contributed by atoms with Gasteiger partial charge < -0.3 is 5.32 Å². The summed E-state index contributed by atoms with van der Waals surface area (Å²) in [5.41, 5.74) is 0. The highest BCUT2D eigenvalue weighted by atomic mass is 35.5. The highest BCUT2D eigenvalue weighted by Gasteiger charge is 2.17. The maximum absolute atomic E-state index is 10.9. The van der Waals surface area contributed by atoms with E-state index in [4.69, 9.17) is 0 Å². The van der Waals surface area contributed by atoms with Gasteiger partial charge in [0.05, 0.1) is 6.26 Å². The smallest absolute Gasteiger partial charge is 0.211 e. The van der Waals surface area contributed by atoms with Gasteiger partial charge in [-0.2, -0.15) is 4.31 Å². The Morgan fingerprint density at radius 1 is 1.17 bits per heavy atom. The fourth-order valence-corrected chi connectivity index (χ4v) is 1.82. The van der Waals surface area contributed by atoms with Crippen molar-refractivity contribution in [3.8, 4) is 0 Å². The van der Waals surface area contributed by atoms with Gasteiger partial charge >= 0.3 is 0 Å². The Kier molecular flexibility index (Phi) is 7.46. The number of rotatable bonds is 1. The molecule has 0 amide bonds. The molecule has 4 nitrogen and oxygen atoms in total. The second kappa shape index (κ2) is 5.99. The maximum Gasteiger partial charge on any atom is 0.211 e. The van der Waals surface area contributed by atoms with Gasteiger partial charge in [-0.3, -0.25) is 0 Å². The lowest BCUT2D eigenvalue weighted by atomic mass is 10.4. The first kappa shape index (κ1) is 14.9. The van der Waals surface area contributed by atoms with Crippen LogP contribution in [-0.4, -0.2) is 45.2 Å². The monoisotopic (exact) mass is 236 g/mol. The van der Waals surface area contributed by atoms with Gasteiger partial charge in [0.15, 0.2) is 0 Å². The average Bonchev–Trinajstić information content (AvgIpc) is 1.88. The molecule has 1 N–H and O–H groups in total. The summed E-state index contributed by atoms with van der Waals surface area (Å²) in [6.07, 6.45) is 1.25. The van der Waals surface area contributed by atoms with E-state index in [1.54, 1.807) is 0 Å². The van der Waals surface area contributed by atoms with Crippen LogP contribution in [0.15, 0.2) is 0 Å². The third-order valence-corrected chi connectivity index (χ3v) is 2.85. The molecule has 1 aliphatic rings. The zero-order valence-corrected chi connectivity index (χ0v) is 9.27. The Balaban J connectivity index is 0. The second-order valence-corrected chi connectivity index (χ2v) is 4.39. The van der Waals surface area contributed by atoms with Crippen molar-refractivity contribution in [2.24, 2.45) is 0 Å². The van der Waals surface area contributed by atoms with Gasteiger partial charge in [0.2, 0.25) is 10.0 Å². The fourth-order valence-electron chi connectivity index (χ4n) is 0.976. The molecule has 0 aromatic rings. The van der Waals surface area contributed by atoms with Gasteiger partial charge in [0, 0.05) is 26.2 Å². The second-order valence-electron chi connectivity index (χ2n) is 2.41. The van der Waals surface area contributed by atoms with Crippen molar-refractivity contribution in [2.45, 2.75) is 0 Å². The summed E-state index contributed by atoms with van der Waals surface area (Å²) in [6, 6.07) is 0. The summed E-state index contributed by atoms with van der Waals surface area (Å²) in [5.74, 6) is 0. The van der Waals surface area contributed by atoms with Crippen LogP contribution in [0.3, 0.4) is 0 Å². The Labute approximate surface area is 85.6 Å².